The largest absolute Gasteiger partial charge is 0.482 e. The number of hydrogen-bond donors (Lipinski definition) is 1. The zero-order chi connectivity index (χ0) is 19.8. The number of esters is 1. The second-order valence-electron chi connectivity index (χ2n) is 6.72. The molecule has 2 N–H and O–H groups in total. The molecule has 0 aliphatic carbocycles. The number of hydrogen-bond acceptors (Lipinski definition) is 5. The average Bonchev–Trinajstić information content (AvgIpc) is 2.61. The molecule has 27 heavy (non-hydrogen) atoms. The fourth-order valence-electron chi connectivity index (χ4n) is 2.75. The summed E-state index contributed by atoms with van der Waals surface area (Å²) < 4.78 is 10.3. The zero-order valence-electron chi connectivity index (χ0n) is 16.1. The maximum atomic E-state index is 11.4. The molecule has 0 atom stereocenters. The SMILES string of the molecule is CCOC(=O)COc1ccc(N(Cc2ccc(Cl)cc2)CC(C)C)c(N)c1. The van der Waals surface area contributed by atoms with E-state index in [0.29, 0.717) is 24.0 Å². The predicted molar refractivity (Wildman–Crippen MR) is 110 cm³/mol. The minimum Gasteiger partial charge on any atom is -0.482 e. The van der Waals surface area contributed by atoms with Crippen LogP contribution in [0.25, 0.3) is 0 Å². The van der Waals surface area contributed by atoms with E-state index in [-0.39, 0.29) is 6.61 Å². The number of rotatable bonds is 9. The molecule has 0 amide bonds. The molecule has 0 bridgehead atoms. The van der Waals surface area contributed by atoms with Gasteiger partial charge < -0.3 is 20.1 Å². The zero-order valence-corrected chi connectivity index (χ0v) is 16.8. The summed E-state index contributed by atoms with van der Waals surface area (Å²) in [5.74, 6) is 0.612. The van der Waals surface area contributed by atoms with Crippen LogP contribution in [0.3, 0.4) is 0 Å². The van der Waals surface area contributed by atoms with Gasteiger partial charge in [0.2, 0.25) is 0 Å². The van der Waals surface area contributed by atoms with E-state index in [9.17, 15) is 4.79 Å². The van der Waals surface area contributed by atoms with Crippen molar-refractivity contribution in [3.63, 3.8) is 0 Å². The van der Waals surface area contributed by atoms with Crippen molar-refractivity contribution in [3.05, 3.63) is 53.1 Å². The third-order valence-electron chi connectivity index (χ3n) is 3.87. The molecule has 0 fully saturated rings. The molecule has 2 aromatic rings. The summed E-state index contributed by atoms with van der Waals surface area (Å²) in [6.07, 6.45) is 0. The van der Waals surface area contributed by atoms with Crippen LogP contribution in [0.5, 0.6) is 5.75 Å². The normalized spacial score (nSPS) is 10.7. The first-order valence-electron chi connectivity index (χ1n) is 9.06. The van der Waals surface area contributed by atoms with Crippen molar-refractivity contribution in [2.24, 2.45) is 5.92 Å². The number of benzene rings is 2. The topological polar surface area (TPSA) is 64.8 Å². The number of carbonyl (C=O) groups is 1. The van der Waals surface area contributed by atoms with Gasteiger partial charge in [0.05, 0.1) is 18.0 Å². The average molecular weight is 391 g/mol. The molecule has 0 radical (unpaired) electrons. The van der Waals surface area contributed by atoms with Gasteiger partial charge in [-0.05, 0) is 42.7 Å². The van der Waals surface area contributed by atoms with Crippen molar-refractivity contribution in [1.82, 2.24) is 0 Å². The Morgan fingerprint density at radius 3 is 2.48 bits per heavy atom. The first-order valence-corrected chi connectivity index (χ1v) is 9.44. The molecule has 5 nitrogen and oxygen atoms in total. The third kappa shape index (κ3) is 6.68. The highest BCUT2D eigenvalue weighted by Gasteiger charge is 2.14. The fourth-order valence-corrected chi connectivity index (χ4v) is 2.88. The molecular weight excluding hydrogens is 364 g/mol. The molecule has 2 aromatic carbocycles. The number of nitrogens with zero attached hydrogens (tertiary/aromatic N) is 1. The van der Waals surface area contributed by atoms with Gasteiger partial charge in [0.1, 0.15) is 5.75 Å². The number of nitrogens with two attached hydrogens (primary N) is 1. The Balaban J connectivity index is 2.14. The number of anilines is 2. The van der Waals surface area contributed by atoms with Gasteiger partial charge in [-0.1, -0.05) is 37.6 Å². The summed E-state index contributed by atoms with van der Waals surface area (Å²) in [6, 6.07) is 13.3. The lowest BCUT2D eigenvalue weighted by Crippen LogP contribution is -2.27. The van der Waals surface area contributed by atoms with Crippen LogP contribution >= 0.6 is 11.6 Å². The second-order valence-corrected chi connectivity index (χ2v) is 7.15. The van der Waals surface area contributed by atoms with E-state index < -0.39 is 5.97 Å². The van der Waals surface area contributed by atoms with Crippen molar-refractivity contribution in [2.45, 2.75) is 27.3 Å². The highest BCUT2D eigenvalue weighted by Crippen LogP contribution is 2.30. The quantitative estimate of drug-likeness (QED) is 0.503. The lowest BCUT2D eigenvalue weighted by atomic mass is 10.1. The van der Waals surface area contributed by atoms with Crippen LogP contribution < -0.4 is 15.4 Å². The maximum absolute atomic E-state index is 11.4. The van der Waals surface area contributed by atoms with E-state index in [4.69, 9.17) is 26.8 Å². The van der Waals surface area contributed by atoms with Crippen LogP contribution in [0.1, 0.15) is 26.3 Å². The number of halogens is 1. The highest BCUT2D eigenvalue weighted by atomic mass is 35.5. The van der Waals surface area contributed by atoms with Gasteiger partial charge in [0.15, 0.2) is 6.61 Å². The Morgan fingerprint density at radius 1 is 1.19 bits per heavy atom. The molecule has 146 valence electrons. The number of nitrogen functional groups attached to an aromatic ring is 1. The maximum Gasteiger partial charge on any atom is 0.344 e. The molecule has 0 aliphatic rings. The Labute approximate surface area is 166 Å². The van der Waals surface area contributed by atoms with Crippen molar-refractivity contribution in [2.75, 3.05) is 30.4 Å². The molecule has 6 heteroatoms. The highest BCUT2D eigenvalue weighted by molar-refractivity contribution is 6.30. The lowest BCUT2D eigenvalue weighted by Gasteiger charge is -2.28. The van der Waals surface area contributed by atoms with Gasteiger partial charge in [-0.15, -0.1) is 0 Å². The smallest absolute Gasteiger partial charge is 0.344 e. The van der Waals surface area contributed by atoms with E-state index in [1.165, 1.54) is 0 Å². The summed E-state index contributed by atoms with van der Waals surface area (Å²) in [7, 11) is 0. The minimum absolute atomic E-state index is 0.132. The molecule has 0 saturated heterocycles. The molecule has 2 rings (SSSR count). The van der Waals surface area contributed by atoms with E-state index in [0.717, 1.165) is 29.4 Å². The predicted octanol–water partition coefficient (Wildman–Crippen LogP) is 4.53. The minimum atomic E-state index is -0.399. The molecule has 0 aliphatic heterocycles. The van der Waals surface area contributed by atoms with Gasteiger partial charge in [0.25, 0.3) is 0 Å². The third-order valence-corrected chi connectivity index (χ3v) is 4.13. The first kappa shape index (κ1) is 20.9. The van der Waals surface area contributed by atoms with Gasteiger partial charge >= 0.3 is 5.97 Å². The van der Waals surface area contributed by atoms with E-state index in [1.54, 1.807) is 13.0 Å². The molecule has 0 saturated carbocycles. The molecular formula is C21H27ClN2O3. The first-order chi connectivity index (χ1) is 12.9. The summed E-state index contributed by atoms with van der Waals surface area (Å²) in [6.45, 7) is 7.88. The lowest BCUT2D eigenvalue weighted by molar-refractivity contribution is -0.145. The molecule has 0 heterocycles. The summed E-state index contributed by atoms with van der Waals surface area (Å²) >= 11 is 5.98. The fraction of sp³-hybridized carbons (Fsp3) is 0.381. The van der Waals surface area contributed by atoms with Gasteiger partial charge in [0, 0.05) is 24.2 Å². The Morgan fingerprint density at radius 2 is 1.89 bits per heavy atom. The molecule has 0 unspecified atom stereocenters. The Hall–Kier alpha value is -2.40. The van der Waals surface area contributed by atoms with Crippen LogP contribution in [-0.2, 0) is 16.1 Å². The van der Waals surface area contributed by atoms with E-state index in [1.807, 2.05) is 36.4 Å². The van der Waals surface area contributed by atoms with Crippen molar-refractivity contribution < 1.29 is 14.3 Å². The molecule has 0 aromatic heterocycles. The summed E-state index contributed by atoms with van der Waals surface area (Å²) in [4.78, 5) is 13.7. The van der Waals surface area contributed by atoms with E-state index >= 15 is 0 Å². The number of carbonyl (C=O) groups excluding carboxylic acids is 1. The van der Waals surface area contributed by atoms with Crippen molar-refractivity contribution >= 4 is 28.9 Å². The number of ether oxygens (including phenoxy) is 2. The Bertz CT molecular complexity index is 748. The second kappa shape index (κ2) is 10.1. The van der Waals surface area contributed by atoms with Gasteiger partial charge in [-0.25, -0.2) is 4.79 Å². The summed E-state index contributed by atoms with van der Waals surface area (Å²) in [5, 5.41) is 0.719. The molecule has 0 spiro atoms. The van der Waals surface area contributed by atoms with Crippen molar-refractivity contribution in [3.8, 4) is 5.75 Å². The van der Waals surface area contributed by atoms with Gasteiger partial charge in [-0.2, -0.15) is 0 Å². The van der Waals surface area contributed by atoms with Gasteiger partial charge in [-0.3, -0.25) is 0 Å². The van der Waals surface area contributed by atoms with Crippen LogP contribution in [0.2, 0.25) is 5.02 Å². The standard InChI is InChI=1S/C21H27ClN2O3/c1-4-26-21(25)14-27-18-9-10-20(19(23)11-18)24(12-15(2)3)13-16-5-7-17(22)8-6-16/h5-11,15H,4,12-14,23H2,1-3H3. The summed E-state index contributed by atoms with van der Waals surface area (Å²) in [5.41, 5.74) is 8.97. The van der Waals surface area contributed by atoms with Crippen LogP contribution in [-0.4, -0.2) is 25.7 Å². The Kier molecular flexibility index (Phi) is 7.80. The van der Waals surface area contributed by atoms with Crippen LogP contribution in [0, 0.1) is 5.92 Å². The monoisotopic (exact) mass is 390 g/mol. The van der Waals surface area contributed by atoms with Crippen LogP contribution in [0.4, 0.5) is 11.4 Å². The van der Waals surface area contributed by atoms with Crippen molar-refractivity contribution in [1.29, 1.82) is 0 Å². The van der Waals surface area contributed by atoms with Crippen LogP contribution in [0.15, 0.2) is 42.5 Å². The van der Waals surface area contributed by atoms with E-state index in [2.05, 4.69) is 18.7 Å².